The van der Waals surface area contributed by atoms with E-state index >= 15 is 0 Å². The lowest BCUT2D eigenvalue weighted by Crippen LogP contribution is -2.00. The summed E-state index contributed by atoms with van der Waals surface area (Å²) in [6.45, 7) is 0.265. The van der Waals surface area contributed by atoms with E-state index in [1.165, 1.54) is 6.08 Å². The molecule has 0 amide bonds. The molecule has 0 aliphatic carbocycles. The smallest absolute Gasteiger partial charge is 0.331 e. The highest BCUT2D eigenvalue weighted by molar-refractivity contribution is 5.87. The molecule has 5 nitrogen and oxygen atoms in total. The first-order valence-corrected chi connectivity index (χ1v) is 6.49. The predicted octanol–water partition coefficient (Wildman–Crippen LogP) is 2.71. The number of ether oxygens (including phenoxy) is 1. The van der Waals surface area contributed by atoms with Crippen LogP contribution >= 0.6 is 0 Å². The lowest BCUT2D eigenvalue weighted by molar-refractivity contribution is -0.138. The fourth-order valence-electron chi connectivity index (χ4n) is 1.87. The zero-order chi connectivity index (χ0) is 14.5. The molecular weight excluding hydrogens is 266 g/mol. The van der Waals surface area contributed by atoms with E-state index in [-0.39, 0.29) is 12.6 Å². The first-order chi connectivity index (χ1) is 10.3. The highest BCUT2D eigenvalue weighted by Crippen LogP contribution is 2.10. The van der Waals surface area contributed by atoms with Gasteiger partial charge in [-0.1, -0.05) is 30.3 Å². The number of hydrogen-bond donors (Lipinski definition) is 1. The number of H-pyrrole nitrogens is 1. The second-order valence-electron chi connectivity index (χ2n) is 4.47. The van der Waals surface area contributed by atoms with Crippen molar-refractivity contribution in [3.05, 3.63) is 66.1 Å². The Balaban J connectivity index is 1.61. The molecule has 2 aromatic heterocycles. The highest BCUT2D eigenvalue weighted by atomic mass is 16.5. The lowest BCUT2D eigenvalue weighted by Gasteiger charge is -2.01. The van der Waals surface area contributed by atoms with Gasteiger partial charge in [-0.15, -0.1) is 0 Å². The third kappa shape index (κ3) is 3.33. The molecule has 2 heterocycles. The van der Waals surface area contributed by atoms with E-state index in [1.54, 1.807) is 18.6 Å². The summed E-state index contributed by atoms with van der Waals surface area (Å²) in [7, 11) is 0. The molecule has 5 heteroatoms. The van der Waals surface area contributed by atoms with Gasteiger partial charge in [-0.25, -0.2) is 14.8 Å². The molecular formula is C16H13N3O2. The fraction of sp³-hybridized carbons (Fsp3) is 0.0625. The second-order valence-corrected chi connectivity index (χ2v) is 4.47. The van der Waals surface area contributed by atoms with Gasteiger partial charge >= 0.3 is 5.97 Å². The third-order valence-electron chi connectivity index (χ3n) is 2.93. The third-order valence-corrected chi connectivity index (χ3v) is 2.93. The standard InChI is InChI=1S/C16H13N3O2/c20-15(21-10-12-4-2-1-3-5-12)7-6-13-8-14-16(17-9-13)19-11-18-14/h1-9,11H,10H2,(H,17,18,19)/b7-6+. The van der Waals surface area contributed by atoms with Gasteiger partial charge in [-0.05, 0) is 23.3 Å². The number of carbonyl (C=O) groups is 1. The maximum absolute atomic E-state index is 11.7. The number of nitrogens with one attached hydrogen (secondary N) is 1. The van der Waals surface area contributed by atoms with Crippen LogP contribution in [0.4, 0.5) is 0 Å². The molecule has 0 atom stereocenters. The fourth-order valence-corrected chi connectivity index (χ4v) is 1.87. The van der Waals surface area contributed by atoms with Crippen LogP contribution in [0, 0.1) is 0 Å². The molecule has 0 saturated carbocycles. The van der Waals surface area contributed by atoms with Crippen LogP contribution in [-0.2, 0) is 16.1 Å². The number of aromatic nitrogens is 3. The van der Waals surface area contributed by atoms with Crippen molar-refractivity contribution in [1.29, 1.82) is 0 Å². The quantitative estimate of drug-likeness (QED) is 0.589. The number of carbonyl (C=O) groups excluding carboxylic acids is 1. The minimum absolute atomic E-state index is 0.265. The van der Waals surface area contributed by atoms with E-state index in [0.717, 1.165) is 22.3 Å². The van der Waals surface area contributed by atoms with E-state index in [0.29, 0.717) is 0 Å². The largest absolute Gasteiger partial charge is 0.458 e. The van der Waals surface area contributed by atoms with Crippen molar-refractivity contribution in [2.24, 2.45) is 0 Å². The molecule has 21 heavy (non-hydrogen) atoms. The van der Waals surface area contributed by atoms with Crippen molar-refractivity contribution in [2.45, 2.75) is 6.61 Å². The predicted molar refractivity (Wildman–Crippen MR) is 79.2 cm³/mol. The van der Waals surface area contributed by atoms with E-state index < -0.39 is 0 Å². The van der Waals surface area contributed by atoms with Gasteiger partial charge in [0.2, 0.25) is 0 Å². The summed E-state index contributed by atoms with van der Waals surface area (Å²) in [4.78, 5) is 22.9. The number of pyridine rings is 1. The van der Waals surface area contributed by atoms with Crippen LogP contribution in [0.1, 0.15) is 11.1 Å². The Morgan fingerprint density at radius 3 is 2.95 bits per heavy atom. The van der Waals surface area contributed by atoms with Crippen LogP contribution in [-0.4, -0.2) is 20.9 Å². The minimum atomic E-state index is -0.388. The van der Waals surface area contributed by atoms with Crippen LogP contribution < -0.4 is 0 Å². The van der Waals surface area contributed by atoms with Gasteiger partial charge < -0.3 is 9.72 Å². The highest BCUT2D eigenvalue weighted by Gasteiger charge is 2.00. The number of hydrogen-bond acceptors (Lipinski definition) is 4. The van der Waals surface area contributed by atoms with Gasteiger partial charge in [0.05, 0.1) is 6.33 Å². The topological polar surface area (TPSA) is 67.9 Å². The molecule has 0 fully saturated rings. The molecule has 0 saturated heterocycles. The van der Waals surface area contributed by atoms with Crippen molar-refractivity contribution in [1.82, 2.24) is 15.0 Å². The van der Waals surface area contributed by atoms with Crippen LogP contribution in [0.5, 0.6) is 0 Å². The summed E-state index contributed by atoms with van der Waals surface area (Å²) < 4.78 is 5.15. The van der Waals surface area contributed by atoms with Gasteiger partial charge in [0.1, 0.15) is 12.1 Å². The second kappa shape index (κ2) is 6.00. The number of benzene rings is 1. The van der Waals surface area contributed by atoms with Gasteiger partial charge in [0, 0.05) is 12.3 Å². The van der Waals surface area contributed by atoms with Crippen molar-refractivity contribution < 1.29 is 9.53 Å². The van der Waals surface area contributed by atoms with Crippen molar-refractivity contribution in [3.8, 4) is 0 Å². The number of imidazole rings is 1. The van der Waals surface area contributed by atoms with Crippen molar-refractivity contribution in [3.63, 3.8) is 0 Å². The molecule has 0 unspecified atom stereocenters. The van der Waals surface area contributed by atoms with Gasteiger partial charge in [-0.3, -0.25) is 0 Å². The molecule has 3 aromatic rings. The van der Waals surface area contributed by atoms with E-state index in [2.05, 4.69) is 15.0 Å². The summed E-state index contributed by atoms with van der Waals surface area (Å²) in [6, 6.07) is 11.4. The molecule has 0 bridgehead atoms. The summed E-state index contributed by atoms with van der Waals surface area (Å²) in [5.74, 6) is -0.388. The lowest BCUT2D eigenvalue weighted by atomic mass is 10.2. The van der Waals surface area contributed by atoms with Crippen LogP contribution in [0.25, 0.3) is 17.2 Å². The Hall–Kier alpha value is -2.95. The zero-order valence-electron chi connectivity index (χ0n) is 11.2. The Morgan fingerprint density at radius 1 is 1.24 bits per heavy atom. The van der Waals surface area contributed by atoms with E-state index in [1.807, 2.05) is 36.4 Å². The summed E-state index contributed by atoms with van der Waals surface area (Å²) in [5, 5.41) is 0. The van der Waals surface area contributed by atoms with Gasteiger partial charge in [0.25, 0.3) is 0 Å². The number of nitrogens with zero attached hydrogens (tertiary/aromatic N) is 2. The normalized spacial score (nSPS) is 11.0. The van der Waals surface area contributed by atoms with Crippen LogP contribution in [0.15, 0.2) is 55.0 Å². The monoisotopic (exact) mass is 279 g/mol. The van der Waals surface area contributed by atoms with Gasteiger partial charge in [0.15, 0.2) is 5.65 Å². The Bertz CT molecular complexity index is 778. The van der Waals surface area contributed by atoms with Crippen LogP contribution in [0.2, 0.25) is 0 Å². The van der Waals surface area contributed by atoms with Crippen LogP contribution in [0.3, 0.4) is 0 Å². The molecule has 0 radical (unpaired) electrons. The SMILES string of the molecule is O=C(/C=C/c1cnc2[nH]cnc2c1)OCc1ccccc1. The van der Waals surface area contributed by atoms with Crippen molar-refractivity contribution in [2.75, 3.05) is 0 Å². The summed E-state index contributed by atoms with van der Waals surface area (Å²) in [5.41, 5.74) is 3.23. The average molecular weight is 279 g/mol. The number of esters is 1. The number of fused-ring (bicyclic) bond motifs is 1. The number of aromatic amines is 1. The average Bonchev–Trinajstić information content (AvgIpc) is 2.99. The molecule has 1 aromatic carbocycles. The minimum Gasteiger partial charge on any atom is -0.458 e. The Morgan fingerprint density at radius 2 is 2.10 bits per heavy atom. The first kappa shape index (κ1) is 13.1. The molecule has 1 N–H and O–H groups in total. The Labute approximate surface area is 121 Å². The first-order valence-electron chi connectivity index (χ1n) is 6.49. The molecule has 0 aliphatic rings. The van der Waals surface area contributed by atoms with E-state index in [4.69, 9.17) is 4.74 Å². The molecule has 0 aliphatic heterocycles. The molecule has 0 spiro atoms. The maximum Gasteiger partial charge on any atom is 0.331 e. The maximum atomic E-state index is 11.7. The number of rotatable bonds is 4. The Kier molecular flexibility index (Phi) is 3.73. The zero-order valence-corrected chi connectivity index (χ0v) is 11.2. The van der Waals surface area contributed by atoms with Crippen molar-refractivity contribution >= 4 is 23.2 Å². The summed E-state index contributed by atoms with van der Waals surface area (Å²) >= 11 is 0. The van der Waals surface area contributed by atoms with E-state index in [9.17, 15) is 4.79 Å². The summed E-state index contributed by atoms with van der Waals surface area (Å²) in [6.07, 6.45) is 6.30. The molecule has 3 rings (SSSR count). The van der Waals surface area contributed by atoms with Gasteiger partial charge in [-0.2, -0.15) is 0 Å². The molecule has 104 valence electrons.